The van der Waals surface area contributed by atoms with Crippen LogP contribution >= 0.6 is 8.58 Å². The number of nitrogens with one attached hydrogen (secondary N) is 1. The van der Waals surface area contributed by atoms with Crippen LogP contribution in [-0.2, 0) is 0 Å². The normalized spacial score (nSPS) is 26.0. The lowest BCUT2D eigenvalue weighted by atomic mass is 10.2. The highest BCUT2D eigenvalue weighted by Crippen LogP contribution is 2.23. The highest BCUT2D eigenvalue weighted by molar-refractivity contribution is 7.58. The SMILES string of the molecule is N=C1CCCCP1. The quantitative estimate of drug-likeness (QED) is 0.466. The van der Waals surface area contributed by atoms with Crippen LogP contribution in [0.15, 0.2) is 0 Å². The van der Waals surface area contributed by atoms with Crippen LogP contribution in [0, 0.1) is 5.41 Å². The van der Waals surface area contributed by atoms with Gasteiger partial charge in [0.05, 0.1) is 0 Å². The summed E-state index contributed by atoms with van der Waals surface area (Å²) < 4.78 is 0. The van der Waals surface area contributed by atoms with Crippen LogP contribution in [0.2, 0.25) is 0 Å². The zero-order valence-corrected chi connectivity index (χ0v) is 5.33. The number of hydrogen-bond donors (Lipinski definition) is 1. The molecule has 1 aliphatic rings. The minimum absolute atomic E-state index is 0.859. The van der Waals surface area contributed by atoms with E-state index in [0.29, 0.717) is 0 Å². The van der Waals surface area contributed by atoms with E-state index in [-0.39, 0.29) is 0 Å². The average Bonchev–Trinajstić information content (AvgIpc) is 1.69. The van der Waals surface area contributed by atoms with E-state index >= 15 is 0 Å². The fourth-order valence-corrected chi connectivity index (χ4v) is 1.84. The molecule has 1 fully saturated rings. The molecule has 0 spiro atoms. The summed E-state index contributed by atoms with van der Waals surface area (Å²) in [5.41, 5.74) is 0.992. The van der Waals surface area contributed by atoms with Crippen molar-refractivity contribution >= 4 is 14.0 Å². The molecule has 7 heavy (non-hydrogen) atoms. The van der Waals surface area contributed by atoms with Gasteiger partial charge in [0, 0.05) is 5.45 Å². The Morgan fingerprint density at radius 1 is 1.43 bits per heavy atom. The minimum atomic E-state index is 0.859. The Morgan fingerprint density at radius 2 is 2.29 bits per heavy atom. The molecule has 0 radical (unpaired) electrons. The molecule has 0 aromatic heterocycles. The van der Waals surface area contributed by atoms with Crippen LogP contribution in [0.1, 0.15) is 19.3 Å². The van der Waals surface area contributed by atoms with Crippen LogP contribution in [0.4, 0.5) is 0 Å². The van der Waals surface area contributed by atoms with Gasteiger partial charge in [-0.05, 0) is 25.4 Å². The third-order valence-electron chi connectivity index (χ3n) is 1.19. The first-order valence-corrected chi connectivity index (χ1v) is 3.91. The van der Waals surface area contributed by atoms with Crippen LogP contribution < -0.4 is 0 Å². The summed E-state index contributed by atoms with van der Waals surface area (Å²) in [6.45, 7) is 0. The van der Waals surface area contributed by atoms with Gasteiger partial charge in [0.1, 0.15) is 0 Å². The van der Waals surface area contributed by atoms with E-state index in [1.165, 1.54) is 19.0 Å². The van der Waals surface area contributed by atoms with Crippen LogP contribution in [-0.4, -0.2) is 11.6 Å². The summed E-state index contributed by atoms with van der Waals surface area (Å²) in [6.07, 6.45) is 5.00. The van der Waals surface area contributed by atoms with Crippen molar-refractivity contribution in [1.82, 2.24) is 0 Å². The van der Waals surface area contributed by atoms with Gasteiger partial charge < -0.3 is 5.41 Å². The first-order valence-electron chi connectivity index (χ1n) is 2.71. The summed E-state index contributed by atoms with van der Waals surface area (Å²) >= 11 is 0. The molecule has 0 saturated carbocycles. The molecule has 1 saturated heterocycles. The van der Waals surface area contributed by atoms with Crippen molar-refractivity contribution < 1.29 is 0 Å². The zero-order valence-electron chi connectivity index (χ0n) is 4.33. The van der Waals surface area contributed by atoms with E-state index in [2.05, 4.69) is 0 Å². The van der Waals surface area contributed by atoms with Crippen molar-refractivity contribution in [3.63, 3.8) is 0 Å². The average molecular weight is 115 g/mol. The Balaban J connectivity index is 2.25. The molecule has 1 N–H and O–H groups in total. The largest absolute Gasteiger partial charge is 0.305 e. The van der Waals surface area contributed by atoms with Gasteiger partial charge in [0.25, 0.3) is 0 Å². The maximum absolute atomic E-state index is 7.20. The predicted molar refractivity (Wildman–Crippen MR) is 34.8 cm³/mol. The van der Waals surface area contributed by atoms with Crippen LogP contribution in [0.5, 0.6) is 0 Å². The Bertz CT molecular complexity index is 72.1. The fraction of sp³-hybridized carbons (Fsp3) is 0.800. The second kappa shape index (κ2) is 2.42. The van der Waals surface area contributed by atoms with E-state index in [0.717, 1.165) is 20.5 Å². The van der Waals surface area contributed by atoms with E-state index in [9.17, 15) is 0 Å². The molecule has 0 amide bonds. The van der Waals surface area contributed by atoms with Crippen molar-refractivity contribution in [3.8, 4) is 0 Å². The van der Waals surface area contributed by atoms with E-state index < -0.39 is 0 Å². The summed E-state index contributed by atoms with van der Waals surface area (Å²) in [4.78, 5) is 0. The third-order valence-corrected chi connectivity index (χ3v) is 2.47. The molecule has 40 valence electrons. The van der Waals surface area contributed by atoms with E-state index in [1.807, 2.05) is 0 Å². The van der Waals surface area contributed by atoms with Gasteiger partial charge in [-0.15, -0.1) is 0 Å². The minimum Gasteiger partial charge on any atom is -0.305 e. The molecule has 2 heteroatoms. The van der Waals surface area contributed by atoms with Gasteiger partial charge in [0.2, 0.25) is 0 Å². The third kappa shape index (κ3) is 1.56. The van der Waals surface area contributed by atoms with Gasteiger partial charge in [-0.25, -0.2) is 0 Å². The standard InChI is InChI=1S/C5H10NP/c6-5-3-1-2-4-7-5/h6-7H,1-4H2. The van der Waals surface area contributed by atoms with Crippen LogP contribution in [0.3, 0.4) is 0 Å². The van der Waals surface area contributed by atoms with Crippen molar-refractivity contribution in [3.05, 3.63) is 0 Å². The summed E-state index contributed by atoms with van der Waals surface area (Å²) in [7, 11) is 0.859. The molecule has 0 aliphatic carbocycles. The zero-order chi connectivity index (χ0) is 5.11. The Labute approximate surface area is 45.8 Å². The van der Waals surface area contributed by atoms with Crippen molar-refractivity contribution in [1.29, 1.82) is 5.41 Å². The Kier molecular flexibility index (Phi) is 1.81. The lowest BCUT2D eigenvalue weighted by molar-refractivity contribution is 0.833. The lowest BCUT2D eigenvalue weighted by Gasteiger charge is -2.08. The molecular weight excluding hydrogens is 105 g/mol. The predicted octanol–water partition coefficient (Wildman–Crippen LogP) is 1.83. The number of rotatable bonds is 0. The monoisotopic (exact) mass is 115 g/mol. The van der Waals surface area contributed by atoms with Gasteiger partial charge >= 0.3 is 0 Å². The van der Waals surface area contributed by atoms with Gasteiger partial charge in [-0.1, -0.05) is 8.58 Å². The second-order valence-corrected chi connectivity index (χ2v) is 3.32. The maximum Gasteiger partial charge on any atom is 0.0288 e. The Hall–Kier alpha value is 0.100. The highest BCUT2D eigenvalue weighted by atomic mass is 31.1. The van der Waals surface area contributed by atoms with Crippen molar-refractivity contribution in [2.75, 3.05) is 6.16 Å². The van der Waals surface area contributed by atoms with E-state index in [4.69, 9.17) is 5.41 Å². The molecule has 1 atom stereocenters. The molecule has 1 aliphatic heterocycles. The molecular formula is C5H10NP. The van der Waals surface area contributed by atoms with Gasteiger partial charge in [-0.3, -0.25) is 0 Å². The molecule has 0 bridgehead atoms. The molecule has 1 heterocycles. The van der Waals surface area contributed by atoms with Gasteiger partial charge in [-0.2, -0.15) is 0 Å². The summed E-state index contributed by atoms with van der Waals surface area (Å²) in [6, 6.07) is 0. The highest BCUT2D eigenvalue weighted by Gasteiger charge is 2.02. The summed E-state index contributed by atoms with van der Waals surface area (Å²) in [5, 5.41) is 7.20. The molecule has 1 unspecified atom stereocenters. The summed E-state index contributed by atoms with van der Waals surface area (Å²) in [5.74, 6) is 0. The molecule has 0 aromatic rings. The number of hydrogen-bond acceptors (Lipinski definition) is 1. The fourth-order valence-electron chi connectivity index (χ4n) is 0.754. The molecule has 1 rings (SSSR count). The second-order valence-electron chi connectivity index (χ2n) is 1.86. The maximum atomic E-state index is 7.20. The smallest absolute Gasteiger partial charge is 0.0288 e. The van der Waals surface area contributed by atoms with Crippen molar-refractivity contribution in [2.24, 2.45) is 0 Å². The first kappa shape index (κ1) is 5.24. The van der Waals surface area contributed by atoms with Crippen molar-refractivity contribution in [2.45, 2.75) is 19.3 Å². The van der Waals surface area contributed by atoms with E-state index in [1.54, 1.807) is 0 Å². The lowest BCUT2D eigenvalue weighted by Crippen LogP contribution is -1.96. The Morgan fingerprint density at radius 3 is 2.57 bits per heavy atom. The topological polar surface area (TPSA) is 23.9 Å². The van der Waals surface area contributed by atoms with Gasteiger partial charge in [0.15, 0.2) is 0 Å². The molecule has 1 nitrogen and oxygen atoms in total. The molecule has 0 aromatic carbocycles. The van der Waals surface area contributed by atoms with Crippen LogP contribution in [0.25, 0.3) is 0 Å². The first-order chi connectivity index (χ1) is 3.39.